The van der Waals surface area contributed by atoms with Gasteiger partial charge < -0.3 is 0 Å². The summed E-state index contributed by atoms with van der Waals surface area (Å²) >= 11 is 0. The van der Waals surface area contributed by atoms with E-state index >= 15 is 0 Å². The molecule has 0 radical (unpaired) electrons. The van der Waals surface area contributed by atoms with Gasteiger partial charge in [0, 0.05) is 38.6 Å². The first-order chi connectivity index (χ1) is 24.4. The first-order valence-corrected chi connectivity index (χ1v) is 15.8. The Kier molecular flexibility index (Phi) is 7.73. The van der Waals surface area contributed by atoms with Crippen LogP contribution in [0.1, 0.15) is 24.0 Å². The number of alkyl halides is 4. The number of para-hydroxylation sites is 1. The van der Waals surface area contributed by atoms with Gasteiger partial charge in [0.05, 0.1) is 40.2 Å². The minimum atomic E-state index is -2.92. The van der Waals surface area contributed by atoms with Gasteiger partial charge in [-0.3, -0.25) is 0 Å². The quantitative estimate of drug-likeness (QED) is 0.101. The lowest BCUT2D eigenvalue weighted by molar-refractivity contribution is 0.144. The Balaban J connectivity index is 1.48. The molecule has 0 unspecified atom stereocenters. The molecule has 2 heterocycles. The standard InChI is InChI=1S/C42H24F4N4/c1-47-33-23-34-40(50-39(25-13-6-3-7-14-25)38(49-34)24-11-4-2-5-12-24)36-35(33)31-17-8-9-18-32(31)48-37(36)27-16-10-15-26(19-27)28-20-29(41(43)44)22-30(21-28)42(45)46/h2-23,41-42H. The van der Waals surface area contributed by atoms with E-state index in [0.29, 0.717) is 61.2 Å². The molecule has 0 saturated heterocycles. The monoisotopic (exact) mass is 660 g/mol. The van der Waals surface area contributed by atoms with Crippen molar-refractivity contribution in [2.45, 2.75) is 12.9 Å². The van der Waals surface area contributed by atoms with Gasteiger partial charge in [0.15, 0.2) is 5.69 Å². The van der Waals surface area contributed by atoms with Crippen molar-refractivity contribution in [1.82, 2.24) is 15.0 Å². The lowest BCUT2D eigenvalue weighted by Gasteiger charge is -2.17. The highest BCUT2D eigenvalue weighted by molar-refractivity contribution is 6.24. The van der Waals surface area contributed by atoms with E-state index < -0.39 is 24.0 Å². The lowest BCUT2D eigenvalue weighted by atomic mass is 9.94. The van der Waals surface area contributed by atoms with Crippen LogP contribution in [0.4, 0.5) is 23.2 Å². The number of pyridine rings is 1. The van der Waals surface area contributed by atoms with Gasteiger partial charge in [0.1, 0.15) is 0 Å². The van der Waals surface area contributed by atoms with Crippen molar-refractivity contribution in [2.24, 2.45) is 0 Å². The van der Waals surface area contributed by atoms with Crippen molar-refractivity contribution in [1.29, 1.82) is 0 Å². The van der Waals surface area contributed by atoms with Crippen LogP contribution in [0.3, 0.4) is 0 Å². The van der Waals surface area contributed by atoms with E-state index in [0.717, 1.165) is 22.6 Å². The van der Waals surface area contributed by atoms with Crippen LogP contribution in [0.15, 0.2) is 133 Å². The summed E-state index contributed by atoms with van der Waals surface area (Å²) < 4.78 is 55.2. The Hall–Kier alpha value is -6.46. The van der Waals surface area contributed by atoms with E-state index in [1.54, 1.807) is 24.3 Å². The Bertz CT molecular complexity index is 2590. The third-order valence-electron chi connectivity index (χ3n) is 8.75. The number of aromatic nitrogens is 3. The second-order valence-electron chi connectivity index (χ2n) is 11.8. The third kappa shape index (κ3) is 5.39. The van der Waals surface area contributed by atoms with Crippen molar-refractivity contribution >= 4 is 38.4 Å². The van der Waals surface area contributed by atoms with Gasteiger partial charge in [-0.2, -0.15) is 0 Å². The highest BCUT2D eigenvalue weighted by atomic mass is 19.3. The summed E-state index contributed by atoms with van der Waals surface area (Å²) in [6.45, 7) is 8.24. The van der Waals surface area contributed by atoms with Gasteiger partial charge in [-0.05, 0) is 52.9 Å². The molecule has 4 nitrogen and oxygen atoms in total. The van der Waals surface area contributed by atoms with Crippen LogP contribution >= 0.6 is 0 Å². The van der Waals surface area contributed by atoms with Gasteiger partial charge in [0.2, 0.25) is 0 Å². The molecule has 2 aromatic heterocycles. The molecule has 240 valence electrons. The van der Waals surface area contributed by atoms with Crippen molar-refractivity contribution in [3.8, 4) is 44.9 Å². The van der Waals surface area contributed by atoms with Crippen LogP contribution in [-0.4, -0.2) is 15.0 Å². The number of halogens is 4. The van der Waals surface area contributed by atoms with Crippen molar-refractivity contribution < 1.29 is 17.6 Å². The molecule has 0 aliphatic rings. The zero-order valence-corrected chi connectivity index (χ0v) is 26.2. The number of hydrogen-bond donors (Lipinski definition) is 0. The van der Waals surface area contributed by atoms with Gasteiger partial charge in [-0.25, -0.2) is 37.4 Å². The van der Waals surface area contributed by atoms with Crippen LogP contribution in [0, 0.1) is 6.57 Å². The van der Waals surface area contributed by atoms with Gasteiger partial charge in [0.25, 0.3) is 12.9 Å². The minimum Gasteiger partial charge on any atom is -0.247 e. The summed E-state index contributed by atoms with van der Waals surface area (Å²) in [6.07, 6.45) is -5.84. The van der Waals surface area contributed by atoms with Crippen molar-refractivity contribution in [2.75, 3.05) is 0 Å². The first kappa shape index (κ1) is 30.8. The van der Waals surface area contributed by atoms with Crippen LogP contribution in [0.5, 0.6) is 0 Å². The summed E-state index contributed by atoms with van der Waals surface area (Å²) in [6, 6.07) is 39.1. The topological polar surface area (TPSA) is 43.0 Å². The number of nitrogens with zero attached hydrogens (tertiary/aromatic N) is 4. The fourth-order valence-corrected chi connectivity index (χ4v) is 6.48. The molecule has 0 atom stereocenters. The molecular formula is C42H24F4N4. The molecule has 8 rings (SSSR count). The van der Waals surface area contributed by atoms with Gasteiger partial charge in [-0.1, -0.05) is 97.1 Å². The summed E-state index contributed by atoms with van der Waals surface area (Å²) in [4.78, 5) is 19.5. The molecule has 6 aromatic carbocycles. The van der Waals surface area contributed by atoms with Gasteiger partial charge in [-0.15, -0.1) is 0 Å². The maximum Gasteiger partial charge on any atom is 0.263 e. The number of hydrogen-bond acceptors (Lipinski definition) is 3. The average Bonchev–Trinajstić information content (AvgIpc) is 3.17. The second-order valence-corrected chi connectivity index (χ2v) is 11.8. The Morgan fingerprint density at radius 3 is 1.66 bits per heavy atom. The van der Waals surface area contributed by atoms with Crippen LogP contribution in [0.2, 0.25) is 0 Å². The summed E-state index contributed by atoms with van der Waals surface area (Å²) in [5, 5.41) is 2.01. The zero-order valence-electron chi connectivity index (χ0n) is 26.2. The molecule has 0 spiro atoms. The molecule has 50 heavy (non-hydrogen) atoms. The van der Waals surface area contributed by atoms with Gasteiger partial charge >= 0.3 is 0 Å². The summed E-state index contributed by atoms with van der Waals surface area (Å²) in [5.74, 6) is 0. The molecule has 0 saturated carbocycles. The van der Waals surface area contributed by atoms with E-state index in [1.807, 2.05) is 91.0 Å². The highest BCUT2D eigenvalue weighted by Crippen LogP contribution is 2.44. The maximum absolute atomic E-state index is 13.8. The van der Waals surface area contributed by atoms with E-state index in [9.17, 15) is 17.6 Å². The van der Waals surface area contributed by atoms with E-state index in [2.05, 4.69) is 4.85 Å². The Morgan fingerprint density at radius 2 is 1.02 bits per heavy atom. The van der Waals surface area contributed by atoms with Crippen molar-refractivity contribution in [3.63, 3.8) is 0 Å². The van der Waals surface area contributed by atoms with Crippen LogP contribution < -0.4 is 0 Å². The summed E-state index contributed by atoms with van der Waals surface area (Å²) in [7, 11) is 0. The first-order valence-electron chi connectivity index (χ1n) is 15.8. The molecule has 8 heteroatoms. The predicted octanol–water partition coefficient (Wildman–Crippen LogP) is 12.4. The molecule has 0 N–H and O–H groups in total. The largest absolute Gasteiger partial charge is 0.263 e. The smallest absolute Gasteiger partial charge is 0.247 e. The van der Waals surface area contributed by atoms with E-state index in [1.165, 1.54) is 12.1 Å². The van der Waals surface area contributed by atoms with E-state index in [4.69, 9.17) is 21.5 Å². The molecule has 0 aliphatic carbocycles. The Labute approximate surface area is 284 Å². The van der Waals surface area contributed by atoms with Crippen LogP contribution in [0.25, 0.3) is 82.5 Å². The molecule has 0 bridgehead atoms. The average molecular weight is 661 g/mol. The zero-order chi connectivity index (χ0) is 34.4. The van der Waals surface area contributed by atoms with Crippen LogP contribution in [-0.2, 0) is 0 Å². The molecular weight excluding hydrogens is 636 g/mol. The normalized spacial score (nSPS) is 11.5. The highest BCUT2D eigenvalue weighted by Gasteiger charge is 2.22. The fraction of sp³-hybridized carbons (Fsp3) is 0.0476. The third-order valence-corrected chi connectivity index (χ3v) is 8.75. The molecule has 0 amide bonds. The fourth-order valence-electron chi connectivity index (χ4n) is 6.48. The van der Waals surface area contributed by atoms with Crippen molar-refractivity contribution in [3.05, 3.63) is 156 Å². The predicted molar refractivity (Wildman–Crippen MR) is 190 cm³/mol. The van der Waals surface area contributed by atoms with E-state index in [-0.39, 0.29) is 5.56 Å². The Morgan fingerprint density at radius 1 is 0.460 bits per heavy atom. The second kappa shape index (κ2) is 12.5. The number of benzene rings is 6. The minimum absolute atomic E-state index is 0.232. The molecule has 0 fully saturated rings. The lowest BCUT2D eigenvalue weighted by Crippen LogP contribution is -1.99. The SMILES string of the molecule is [C-]#[N+]c1cc2nc(-c3ccccc3)c(-c3ccccc3)nc2c2c(-c3cccc(-c4cc(C(F)F)cc(C(F)F)c4)c3)nc3ccccc3c12. The number of fused-ring (bicyclic) bond motifs is 5. The maximum atomic E-state index is 13.8. The number of rotatable bonds is 6. The molecule has 0 aliphatic heterocycles. The summed E-state index contributed by atoms with van der Waals surface area (Å²) in [5.41, 5.74) is 5.89. The molecule has 8 aromatic rings.